The molecule has 0 aromatic carbocycles. The number of aromatic nitrogens is 3. The Balaban J connectivity index is 1.45. The van der Waals surface area contributed by atoms with Gasteiger partial charge in [-0.15, -0.1) is 5.10 Å². The van der Waals surface area contributed by atoms with Crippen molar-refractivity contribution in [3.8, 4) is 0 Å². The van der Waals surface area contributed by atoms with Crippen molar-refractivity contribution in [2.24, 2.45) is 5.41 Å². The highest BCUT2D eigenvalue weighted by Gasteiger charge is 2.18. The molecule has 1 aliphatic rings. The molecule has 0 spiro atoms. The zero-order chi connectivity index (χ0) is 21.2. The van der Waals surface area contributed by atoms with Gasteiger partial charge in [-0.1, -0.05) is 26.0 Å². The van der Waals surface area contributed by atoms with Crippen LogP contribution in [0.25, 0.3) is 0 Å². The molecule has 1 fully saturated rings. The Kier molecular flexibility index (Phi) is 10.0. The second-order valence-electron chi connectivity index (χ2n) is 8.77. The molecule has 2 rings (SSSR count). The molecule has 1 aliphatic heterocycles. The molecule has 168 valence electrons. The standard InChI is InChI=1S/C20H38N4O4S/c1-20(2,3)5-9-26-11-13-28-14-12-27-10-6-24-18-19(21-22-24)17-23-7-15-29(4,25)16-8-23/h18H,4-17H2,1-3H3. The minimum absolute atomic E-state index is 0.311. The second kappa shape index (κ2) is 12.0. The first-order chi connectivity index (χ1) is 13.7. The van der Waals surface area contributed by atoms with Crippen LogP contribution < -0.4 is 0 Å². The van der Waals surface area contributed by atoms with Crippen molar-refractivity contribution in [3.05, 3.63) is 11.9 Å². The van der Waals surface area contributed by atoms with E-state index in [2.05, 4.69) is 41.9 Å². The van der Waals surface area contributed by atoms with Crippen LogP contribution in [0, 0.1) is 5.41 Å². The Labute approximate surface area is 175 Å². The predicted octanol–water partition coefficient (Wildman–Crippen LogP) is 1.30. The summed E-state index contributed by atoms with van der Waals surface area (Å²) < 4.78 is 30.4. The molecule has 8 nitrogen and oxygen atoms in total. The summed E-state index contributed by atoms with van der Waals surface area (Å²) in [7, 11) is -1.85. The normalized spacial score (nSPS) is 17.6. The lowest BCUT2D eigenvalue weighted by atomic mass is 9.93. The average Bonchev–Trinajstić information content (AvgIpc) is 3.08. The first-order valence-corrected chi connectivity index (χ1v) is 12.5. The molecule has 0 radical (unpaired) electrons. The molecule has 0 unspecified atom stereocenters. The van der Waals surface area contributed by atoms with E-state index < -0.39 is 9.52 Å². The Morgan fingerprint density at radius 1 is 1.03 bits per heavy atom. The Hall–Kier alpha value is -1.00. The Bertz CT molecular complexity index is 671. The number of nitrogens with zero attached hydrogens (tertiary/aromatic N) is 4. The quantitative estimate of drug-likeness (QED) is 0.345. The third kappa shape index (κ3) is 11.1. The Morgan fingerprint density at radius 2 is 1.62 bits per heavy atom. The van der Waals surface area contributed by atoms with Crippen molar-refractivity contribution >= 4 is 15.4 Å². The van der Waals surface area contributed by atoms with Crippen LogP contribution in [0.15, 0.2) is 6.20 Å². The van der Waals surface area contributed by atoms with Gasteiger partial charge in [0.05, 0.1) is 45.3 Å². The third-order valence-corrected chi connectivity index (χ3v) is 6.59. The van der Waals surface area contributed by atoms with Crippen molar-refractivity contribution in [2.75, 3.05) is 64.2 Å². The highest BCUT2D eigenvalue weighted by atomic mass is 32.2. The highest BCUT2D eigenvalue weighted by molar-refractivity contribution is 8.00. The van der Waals surface area contributed by atoms with Gasteiger partial charge >= 0.3 is 0 Å². The molecule has 1 aromatic rings. The van der Waals surface area contributed by atoms with Crippen LogP contribution in [-0.4, -0.2) is 94.2 Å². The number of hydrogen-bond donors (Lipinski definition) is 0. The van der Waals surface area contributed by atoms with Gasteiger partial charge in [0.1, 0.15) is 0 Å². The maximum absolute atomic E-state index is 11.9. The molecule has 0 amide bonds. The van der Waals surface area contributed by atoms with Crippen molar-refractivity contribution in [1.82, 2.24) is 19.9 Å². The van der Waals surface area contributed by atoms with Gasteiger partial charge in [0.15, 0.2) is 0 Å². The van der Waals surface area contributed by atoms with E-state index in [0.717, 1.165) is 38.4 Å². The van der Waals surface area contributed by atoms with Gasteiger partial charge in [-0.3, -0.25) is 9.11 Å². The third-order valence-electron chi connectivity index (χ3n) is 4.74. The molecule has 1 saturated heterocycles. The van der Waals surface area contributed by atoms with Crippen molar-refractivity contribution in [1.29, 1.82) is 0 Å². The molecule has 0 atom stereocenters. The summed E-state index contributed by atoms with van der Waals surface area (Å²) in [6, 6.07) is 0. The number of ether oxygens (including phenoxy) is 3. The molecule has 2 heterocycles. The zero-order valence-electron chi connectivity index (χ0n) is 18.3. The van der Waals surface area contributed by atoms with Crippen LogP contribution in [0.1, 0.15) is 32.9 Å². The summed E-state index contributed by atoms with van der Waals surface area (Å²) in [5.41, 5.74) is 1.24. The molecule has 1 aromatic heterocycles. The summed E-state index contributed by atoms with van der Waals surface area (Å²) in [6.07, 6.45) is 3.00. The van der Waals surface area contributed by atoms with Crippen molar-refractivity contribution < 1.29 is 18.4 Å². The van der Waals surface area contributed by atoms with Gasteiger partial charge < -0.3 is 14.2 Å². The van der Waals surface area contributed by atoms with E-state index >= 15 is 0 Å². The fourth-order valence-corrected chi connectivity index (χ4v) is 4.18. The zero-order valence-corrected chi connectivity index (χ0v) is 19.1. The summed E-state index contributed by atoms with van der Waals surface area (Å²) in [4.78, 5) is 2.25. The molecule has 0 N–H and O–H groups in total. The molecule has 0 bridgehead atoms. The lowest BCUT2D eigenvalue weighted by Crippen LogP contribution is -2.39. The van der Waals surface area contributed by atoms with E-state index in [4.69, 9.17) is 14.2 Å². The van der Waals surface area contributed by atoms with E-state index in [-0.39, 0.29) is 0 Å². The molecular formula is C20H38N4O4S. The highest BCUT2D eigenvalue weighted by Crippen LogP contribution is 2.17. The van der Waals surface area contributed by atoms with Crippen LogP contribution in [0.4, 0.5) is 0 Å². The first-order valence-electron chi connectivity index (χ1n) is 10.4. The van der Waals surface area contributed by atoms with E-state index in [1.54, 1.807) is 4.68 Å². The van der Waals surface area contributed by atoms with Gasteiger partial charge in [0.25, 0.3) is 0 Å². The average molecular weight is 431 g/mol. The summed E-state index contributed by atoms with van der Waals surface area (Å²) in [6.45, 7) is 13.3. The maximum atomic E-state index is 11.9. The van der Waals surface area contributed by atoms with Crippen molar-refractivity contribution in [3.63, 3.8) is 0 Å². The smallest absolute Gasteiger partial charge is 0.0967 e. The van der Waals surface area contributed by atoms with Gasteiger partial charge in [-0.2, -0.15) is 0 Å². The van der Waals surface area contributed by atoms with E-state index in [1.165, 1.54) is 0 Å². The van der Waals surface area contributed by atoms with Gasteiger partial charge in [-0.05, 0) is 27.2 Å². The minimum Gasteiger partial charge on any atom is -0.379 e. The monoisotopic (exact) mass is 430 g/mol. The Morgan fingerprint density at radius 3 is 2.24 bits per heavy atom. The number of rotatable bonds is 13. The van der Waals surface area contributed by atoms with Crippen LogP contribution >= 0.6 is 0 Å². The largest absolute Gasteiger partial charge is 0.379 e. The van der Waals surface area contributed by atoms with E-state index in [1.807, 2.05) is 6.20 Å². The lowest BCUT2D eigenvalue weighted by Gasteiger charge is -2.27. The van der Waals surface area contributed by atoms with Crippen LogP contribution in [-0.2, 0) is 36.8 Å². The molecule has 0 saturated carbocycles. The summed E-state index contributed by atoms with van der Waals surface area (Å²) >= 11 is 0. The fourth-order valence-electron chi connectivity index (χ4n) is 2.79. The van der Waals surface area contributed by atoms with Crippen LogP contribution in [0.5, 0.6) is 0 Å². The molecule has 0 aliphatic carbocycles. The topological polar surface area (TPSA) is 78.7 Å². The van der Waals surface area contributed by atoms with Crippen LogP contribution in [0.2, 0.25) is 0 Å². The van der Waals surface area contributed by atoms with Gasteiger partial charge in [0.2, 0.25) is 0 Å². The minimum atomic E-state index is -1.85. The SMILES string of the molecule is C=S1(=O)CCN(Cc2cn(CCOCCOCCOCCC(C)(C)C)nn2)CC1. The molecular weight excluding hydrogens is 392 g/mol. The van der Waals surface area contributed by atoms with Crippen molar-refractivity contribution in [2.45, 2.75) is 40.3 Å². The molecule has 29 heavy (non-hydrogen) atoms. The maximum Gasteiger partial charge on any atom is 0.0967 e. The number of hydrogen-bond acceptors (Lipinski definition) is 7. The predicted molar refractivity (Wildman–Crippen MR) is 117 cm³/mol. The van der Waals surface area contributed by atoms with E-state index in [9.17, 15) is 4.21 Å². The summed E-state index contributed by atoms with van der Waals surface area (Å²) in [5, 5.41) is 8.36. The van der Waals surface area contributed by atoms with Gasteiger partial charge in [0, 0.05) is 43.9 Å². The van der Waals surface area contributed by atoms with Crippen LogP contribution in [0.3, 0.4) is 0 Å². The van der Waals surface area contributed by atoms with E-state index in [0.29, 0.717) is 56.5 Å². The van der Waals surface area contributed by atoms with Gasteiger partial charge in [-0.25, -0.2) is 4.68 Å². The lowest BCUT2D eigenvalue weighted by molar-refractivity contribution is 0.00881. The second-order valence-corrected chi connectivity index (χ2v) is 11.5. The fraction of sp³-hybridized carbons (Fsp3) is 0.850. The summed E-state index contributed by atoms with van der Waals surface area (Å²) in [5.74, 6) is 5.13. The molecule has 9 heteroatoms. The first kappa shape index (κ1) is 24.3.